The van der Waals surface area contributed by atoms with Gasteiger partial charge in [0.05, 0.1) is 6.42 Å². The van der Waals surface area contributed by atoms with Gasteiger partial charge in [-0.3, -0.25) is 9.59 Å². The van der Waals surface area contributed by atoms with E-state index in [1.54, 1.807) is 0 Å². The molecule has 0 rings (SSSR count). The summed E-state index contributed by atoms with van der Waals surface area (Å²) in [5, 5.41) is 0. The molecule has 0 aromatic heterocycles. The van der Waals surface area contributed by atoms with Gasteiger partial charge in [0.1, 0.15) is 5.78 Å². The van der Waals surface area contributed by atoms with Gasteiger partial charge in [-0.15, -0.1) is 0 Å². The quantitative estimate of drug-likeness (QED) is 0.716. The molecule has 11 heavy (non-hydrogen) atoms. The predicted octanol–water partition coefficient (Wildman–Crippen LogP) is 1.10. The van der Waals surface area contributed by atoms with E-state index in [1.807, 2.05) is 0 Å². The second kappa shape index (κ2) is 5.17. The van der Waals surface area contributed by atoms with Crippen LogP contribution < -0.4 is 0 Å². The molecule has 0 aliphatic heterocycles. The van der Waals surface area contributed by atoms with E-state index in [9.17, 15) is 22.8 Å². The molecule has 0 amide bonds. The Kier molecular flexibility index (Phi) is 6.59. The molecule has 2 nitrogen and oxygen atoms in total. The van der Waals surface area contributed by atoms with Crippen molar-refractivity contribution in [1.82, 2.24) is 0 Å². The normalized spacial score (nSPS) is 10.2. The van der Waals surface area contributed by atoms with Crippen molar-refractivity contribution in [2.45, 2.75) is 19.5 Å². The van der Waals surface area contributed by atoms with E-state index < -0.39 is 24.2 Å². The zero-order valence-electron chi connectivity index (χ0n) is 5.57. The third-order valence-corrected chi connectivity index (χ3v) is 0.726. The molecule has 0 atom stereocenters. The number of carbonyl (C=O) groups excluding carboxylic acids is 2. The van der Waals surface area contributed by atoms with Gasteiger partial charge in [-0.25, -0.2) is 0 Å². The summed E-state index contributed by atoms with van der Waals surface area (Å²) in [5.74, 6) is -2.76. The summed E-state index contributed by atoms with van der Waals surface area (Å²) in [4.78, 5) is 19.9. The predicted molar refractivity (Wildman–Crippen MR) is 26.4 cm³/mol. The average molecular weight is 304 g/mol. The Balaban J connectivity index is 0. The number of ketones is 2. The molecule has 0 aromatic carbocycles. The first-order chi connectivity index (χ1) is 4.34. The van der Waals surface area contributed by atoms with Crippen LogP contribution in [-0.2, 0) is 9.59 Å². The van der Waals surface area contributed by atoms with Crippen LogP contribution in [0.5, 0.6) is 0 Å². The molecule has 0 fully saturated rings. The van der Waals surface area contributed by atoms with Crippen molar-refractivity contribution in [2.24, 2.45) is 0 Å². The topological polar surface area (TPSA) is 34.1 Å². The molecule has 0 saturated heterocycles. The molecule has 0 heterocycles. The van der Waals surface area contributed by atoms with E-state index in [4.69, 9.17) is 0 Å². The number of alkyl halides is 3. The van der Waals surface area contributed by atoms with Crippen LogP contribution in [0.3, 0.4) is 0 Å². The number of carbonyl (C=O) groups is 2. The van der Waals surface area contributed by atoms with Crippen molar-refractivity contribution >= 4 is 11.6 Å². The van der Waals surface area contributed by atoms with Crippen molar-refractivity contribution in [3.05, 3.63) is 0 Å². The van der Waals surface area contributed by atoms with Crippen molar-refractivity contribution < 1.29 is 63.1 Å². The first kappa shape index (κ1) is 14.0. The standard InChI is InChI=1S/C5H5F3O2.Sm/c1-3(9)2-4(10)5(6,7)8;/h2H2,1H3;/q;+3. The molecular weight excluding hydrogens is 299 g/mol. The monoisotopic (exact) mass is 306 g/mol. The smallest absolute Gasteiger partial charge is 0.300 e. The molecule has 0 aliphatic rings. The maximum absolute atomic E-state index is 11.3. The number of hydrogen-bond acceptors (Lipinski definition) is 2. The van der Waals surface area contributed by atoms with Crippen LogP contribution in [0.4, 0.5) is 13.2 Å². The number of rotatable bonds is 2. The van der Waals surface area contributed by atoms with Crippen LogP contribution in [-0.4, -0.2) is 17.7 Å². The van der Waals surface area contributed by atoms with Crippen LogP contribution in [0, 0.1) is 40.4 Å². The van der Waals surface area contributed by atoms with Crippen LogP contribution in [0.2, 0.25) is 0 Å². The maximum Gasteiger partial charge on any atom is 3.00 e. The van der Waals surface area contributed by atoms with Gasteiger partial charge in [-0.05, 0) is 6.92 Å². The molecule has 0 saturated carbocycles. The molecule has 0 bridgehead atoms. The third kappa shape index (κ3) is 6.85. The van der Waals surface area contributed by atoms with Gasteiger partial charge in [0.25, 0.3) is 0 Å². The summed E-state index contributed by atoms with van der Waals surface area (Å²) >= 11 is 0. The largest absolute Gasteiger partial charge is 3.00 e. The molecule has 0 aliphatic carbocycles. The Bertz CT molecular complexity index is 164. The first-order valence-corrected chi connectivity index (χ1v) is 2.43. The second-order valence-corrected chi connectivity index (χ2v) is 1.80. The van der Waals surface area contributed by atoms with Crippen molar-refractivity contribution in [2.75, 3.05) is 0 Å². The minimum atomic E-state index is -4.87. The molecule has 0 unspecified atom stereocenters. The molecule has 1 radical (unpaired) electrons. The summed E-state index contributed by atoms with van der Waals surface area (Å²) < 4.78 is 33.9. The summed E-state index contributed by atoms with van der Waals surface area (Å²) in [6, 6.07) is 0. The molecule has 0 N–H and O–H groups in total. The van der Waals surface area contributed by atoms with Gasteiger partial charge in [0, 0.05) is 0 Å². The maximum atomic E-state index is 11.3. The first-order valence-electron chi connectivity index (χ1n) is 2.43. The van der Waals surface area contributed by atoms with Crippen molar-refractivity contribution in [3.8, 4) is 0 Å². The van der Waals surface area contributed by atoms with Crippen LogP contribution in [0.1, 0.15) is 13.3 Å². The second-order valence-electron chi connectivity index (χ2n) is 1.80. The van der Waals surface area contributed by atoms with E-state index in [1.165, 1.54) is 0 Å². The average Bonchev–Trinajstić information content (AvgIpc) is 1.60. The molecule has 6 heteroatoms. The number of halogens is 3. The fourth-order valence-corrected chi connectivity index (χ4v) is 0.326. The summed E-state index contributed by atoms with van der Waals surface area (Å²) in [6.45, 7) is 0.934. The minimum absolute atomic E-state index is 0. The molecule has 61 valence electrons. The van der Waals surface area contributed by atoms with Crippen LogP contribution in [0.15, 0.2) is 0 Å². The van der Waals surface area contributed by atoms with E-state index in [0.717, 1.165) is 6.92 Å². The summed E-state index contributed by atoms with van der Waals surface area (Å²) in [6.07, 6.45) is -5.92. The van der Waals surface area contributed by atoms with Crippen molar-refractivity contribution in [3.63, 3.8) is 0 Å². The summed E-state index contributed by atoms with van der Waals surface area (Å²) in [5.41, 5.74) is 0. The van der Waals surface area contributed by atoms with E-state index >= 15 is 0 Å². The van der Waals surface area contributed by atoms with E-state index in [0.29, 0.717) is 0 Å². The third-order valence-electron chi connectivity index (χ3n) is 0.726. The zero-order valence-corrected chi connectivity index (χ0v) is 8.19. The van der Waals surface area contributed by atoms with E-state index in [-0.39, 0.29) is 40.4 Å². The molecule has 0 spiro atoms. The number of hydrogen-bond donors (Lipinski definition) is 0. The van der Waals surface area contributed by atoms with Gasteiger partial charge in [0.15, 0.2) is 0 Å². The Morgan fingerprint density at radius 2 is 1.64 bits per heavy atom. The number of Topliss-reactive ketones (excluding diaryl/α,β-unsaturated/α-hetero) is 2. The van der Waals surface area contributed by atoms with Gasteiger partial charge in [-0.1, -0.05) is 0 Å². The Labute approximate surface area is 93.6 Å². The molecule has 0 aromatic rings. The van der Waals surface area contributed by atoms with E-state index in [2.05, 4.69) is 0 Å². The van der Waals surface area contributed by atoms with Gasteiger partial charge < -0.3 is 0 Å². The van der Waals surface area contributed by atoms with Gasteiger partial charge in [-0.2, -0.15) is 13.2 Å². The Morgan fingerprint density at radius 1 is 1.27 bits per heavy atom. The van der Waals surface area contributed by atoms with Crippen molar-refractivity contribution in [1.29, 1.82) is 0 Å². The Hall–Kier alpha value is 0.468. The van der Waals surface area contributed by atoms with Gasteiger partial charge >= 0.3 is 46.6 Å². The van der Waals surface area contributed by atoms with Crippen LogP contribution in [0.25, 0.3) is 0 Å². The summed E-state index contributed by atoms with van der Waals surface area (Å²) in [7, 11) is 0. The van der Waals surface area contributed by atoms with Crippen LogP contribution >= 0.6 is 0 Å². The fourth-order valence-electron chi connectivity index (χ4n) is 0.326. The Morgan fingerprint density at radius 3 is 1.73 bits per heavy atom. The fraction of sp³-hybridized carbons (Fsp3) is 0.600. The molecular formula is C5H5F3O2Sm+3. The minimum Gasteiger partial charge on any atom is -0.300 e. The SMILES string of the molecule is CC(=O)CC(=O)C(F)(F)F.[Sm+3]. The van der Waals surface area contributed by atoms with Gasteiger partial charge in [0.2, 0.25) is 5.78 Å². The zero-order chi connectivity index (χ0) is 8.36.